The molecule has 2 aliphatic heterocycles. The van der Waals surface area contributed by atoms with Gasteiger partial charge < -0.3 is 10.2 Å². The zero-order valence-corrected chi connectivity index (χ0v) is 21.8. The van der Waals surface area contributed by atoms with E-state index in [-0.39, 0.29) is 35.7 Å². The Labute approximate surface area is 210 Å². The molecule has 3 amide bonds. The van der Waals surface area contributed by atoms with Crippen molar-refractivity contribution in [3.05, 3.63) is 70.8 Å². The van der Waals surface area contributed by atoms with Gasteiger partial charge in [0.1, 0.15) is 4.87 Å². The van der Waals surface area contributed by atoms with Crippen molar-refractivity contribution in [1.82, 2.24) is 15.2 Å². The molecule has 1 spiro atoms. The lowest BCUT2D eigenvalue weighted by molar-refractivity contribution is -0.147. The second-order valence-corrected chi connectivity index (χ2v) is 10.9. The summed E-state index contributed by atoms with van der Waals surface area (Å²) in [5.41, 5.74) is 4.28. The Balaban J connectivity index is 1.90. The Morgan fingerprint density at radius 1 is 0.914 bits per heavy atom. The standard InChI is InChI=1S/C27H32N4O3S/c1-16-7-11-22(12-8-16)24-15-27(31(21(6)34)29-26(35-27)28-19(4)32)18(3)25(30(24)20(5)33)23-13-9-17(2)10-14-23/h7-14,18,24-25H,15H2,1-6H3,(H,28,29,32). The summed E-state index contributed by atoms with van der Waals surface area (Å²) in [7, 11) is 0. The minimum Gasteiger partial charge on any atom is -0.328 e. The fraction of sp³-hybridized carbons (Fsp3) is 0.407. The quantitative estimate of drug-likeness (QED) is 0.660. The van der Waals surface area contributed by atoms with Crippen molar-refractivity contribution in [2.24, 2.45) is 11.0 Å². The maximum absolute atomic E-state index is 13.2. The number of carbonyl (C=O) groups excluding carboxylic acids is 3. The zero-order chi connectivity index (χ0) is 25.5. The minimum atomic E-state index is -0.777. The Morgan fingerprint density at radius 2 is 1.46 bits per heavy atom. The van der Waals surface area contributed by atoms with Gasteiger partial charge in [-0.05, 0) is 25.0 Å². The van der Waals surface area contributed by atoms with E-state index in [0.29, 0.717) is 11.6 Å². The van der Waals surface area contributed by atoms with E-state index in [0.717, 1.165) is 22.3 Å². The Hall–Kier alpha value is -3.13. The van der Waals surface area contributed by atoms with E-state index in [1.165, 1.54) is 30.6 Å². The molecule has 184 valence electrons. The van der Waals surface area contributed by atoms with Gasteiger partial charge >= 0.3 is 0 Å². The summed E-state index contributed by atoms with van der Waals surface area (Å²) in [6, 6.07) is 15.8. The lowest BCUT2D eigenvalue weighted by atomic mass is 9.76. The topological polar surface area (TPSA) is 82.1 Å². The fourth-order valence-corrected chi connectivity index (χ4v) is 6.76. The number of likely N-dealkylation sites (tertiary alicyclic amines) is 1. The monoisotopic (exact) mass is 492 g/mol. The van der Waals surface area contributed by atoms with Gasteiger partial charge in [0.05, 0.1) is 12.1 Å². The van der Waals surface area contributed by atoms with Gasteiger partial charge in [0.25, 0.3) is 0 Å². The fourth-order valence-electron chi connectivity index (χ4n) is 5.30. The van der Waals surface area contributed by atoms with Crippen LogP contribution in [0.4, 0.5) is 0 Å². The smallest absolute Gasteiger partial charge is 0.240 e. The maximum Gasteiger partial charge on any atom is 0.240 e. The van der Waals surface area contributed by atoms with Crippen molar-refractivity contribution in [1.29, 1.82) is 0 Å². The molecule has 2 aromatic carbocycles. The van der Waals surface area contributed by atoms with Crippen LogP contribution in [0.5, 0.6) is 0 Å². The number of benzene rings is 2. The van der Waals surface area contributed by atoms with Crippen molar-refractivity contribution in [3.8, 4) is 0 Å². The van der Waals surface area contributed by atoms with Gasteiger partial charge in [-0.1, -0.05) is 78.3 Å². The summed E-state index contributed by atoms with van der Waals surface area (Å²) in [6.07, 6.45) is 0.482. The molecule has 8 heteroatoms. The molecule has 4 unspecified atom stereocenters. The van der Waals surface area contributed by atoms with Crippen molar-refractivity contribution >= 4 is 34.7 Å². The van der Waals surface area contributed by atoms with Crippen molar-refractivity contribution in [2.45, 2.75) is 64.9 Å². The second kappa shape index (κ2) is 9.49. The van der Waals surface area contributed by atoms with Crippen LogP contribution < -0.4 is 5.32 Å². The van der Waals surface area contributed by atoms with Crippen molar-refractivity contribution < 1.29 is 14.4 Å². The highest BCUT2D eigenvalue weighted by Gasteiger charge is 2.59. The molecule has 7 nitrogen and oxygen atoms in total. The highest BCUT2D eigenvalue weighted by atomic mass is 32.2. The molecule has 0 aromatic heterocycles. The van der Waals surface area contributed by atoms with Crippen LogP contribution in [-0.4, -0.2) is 37.7 Å². The predicted molar refractivity (Wildman–Crippen MR) is 138 cm³/mol. The number of hydrazone groups is 1. The van der Waals surface area contributed by atoms with E-state index >= 15 is 0 Å². The van der Waals surface area contributed by atoms with E-state index < -0.39 is 4.87 Å². The molecular weight excluding hydrogens is 460 g/mol. The van der Waals surface area contributed by atoms with Crippen molar-refractivity contribution in [3.63, 3.8) is 0 Å². The molecule has 2 heterocycles. The van der Waals surface area contributed by atoms with Crippen LogP contribution in [0, 0.1) is 19.8 Å². The number of carbonyl (C=O) groups is 3. The number of hydrogen-bond acceptors (Lipinski definition) is 5. The molecular formula is C27H32N4O3S. The summed E-state index contributed by atoms with van der Waals surface area (Å²) in [5, 5.41) is 9.24. The number of nitrogens with one attached hydrogen (secondary N) is 1. The predicted octanol–water partition coefficient (Wildman–Crippen LogP) is 4.67. The first-order valence-electron chi connectivity index (χ1n) is 11.8. The highest BCUT2D eigenvalue weighted by Crippen LogP contribution is 2.58. The van der Waals surface area contributed by atoms with E-state index in [2.05, 4.69) is 41.6 Å². The molecule has 1 N–H and O–H groups in total. The third-order valence-electron chi connectivity index (χ3n) is 6.95. The lowest BCUT2D eigenvalue weighted by Crippen LogP contribution is -2.59. The molecule has 0 bridgehead atoms. The van der Waals surface area contributed by atoms with Crippen LogP contribution in [0.25, 0.3) is 0 Å². The van der Waals surface area contributed by atoms with Crippen LogP contribution in [0.1, 0.15) is 68.5 Å². The summed E-state index contributed by atoms with van der Waals surface area (Å²) >= 11 is 1.41. The van der Waals surface area contributed by atoms with E-state index in [9.17, 15) is 14.4 Å². The summed E-state index contributed by atoms with van der Waals surface area (Å²) in [6.45, 7) is 10.7. The number of piperidine rings is 1. The molecule has 35 heavy (non-hydrogen) atoms. The van der Waals surface area contributed by atoms with Crippen LogP contribution >= 0.6 is 11.8 Å². The first kappa shape index (κ1) is 25.0. The van der Waals surface area contributed by atoms with Crippen LogP contribution in [0.2, 0.25) is 0 Å². The van der Waals surface area contributed by atoms with Crippen LogP contribution in [0.3, 0.4) is 0 Å². The Kier molecular flexibility index (Phi) is 6.77. The molecule has 2 aliphatic rings. The van der Waals surface area contributed by atoms with E-state index in [4.69, 9.17) is 0 Å². The number of thioether (sulfide) groups is 1. The number of hydrogen-bond donors (Lipinski definition) is 1. The van der Waals surface area contributed by atoms with Crippen LogP contribution in [0.15, 0.2) is 53.6 Å². The number of amidine groups is 1. The Morgan fingerprint density at radius 3 is 1.94 bits per heavy atom. The third-order valence-corrected chi connectivity index (χ3v) is 8.40. The zero-order valence-electron chi connectivity index (χ0n) is 21.0. The van der Waals surface area contributed by atoms with Gasteiger partial charge in [0, 0.05) is 33.1 Å². The minimum absolute atomic E-state index is 0.0248. The number of amides is 3. The Bertz CT molecular complexity index is 1180. The number of aryl methyl sites for hydroxylation is 2. The largest absolute Gasteiger partial charge is 0.328 e. The summed E-state index contributed by atoms with van der Waals surface area (Å²) in [5.74, 6) is -0.648. The normalized spacial score (nSPS) is 26.0. The average Bonchev–Trinajstić information content (AvgIpc) is 3.14. The molecule has 1 saturated heterocycles. The lowest BCUT2D eigenvalue weighted by Gasteiger charge is -2.55. The molecule has 4 atom stereocenters. The summed E-state index contributed by atoms with van der Waals surface area (Å²) < 4.78 is 0. The van der Waals surface area contributed by atoms with Gasteiger partial charge in [0.15, 0.2) is 5.17 Å². The molecule has 1 fully saturated rings. The second-order valence-electron chi connectivity index (χ2n) is 9.57. The SMILES string of the molecule is CC(=O)NC1=NN(C(C)=O)C2(CC(c3ccc(C)cc3)N(C(C)=O)C(c3ccc(C)cc3)C2C)S1. The van der Waals surface area contributed by atoms with Crippen molar-refractivity contribution in [2.75, 3.05) is 0 Å². The van der Waals surface area contributed by atoms with E-state index in [1.54, 1.807) is 6.92 Å². The molecule has 0 saturated carbocycles. The maximum atomic E-state index is 13.2. The highest BCUT2D eigenvalue weighted by molar-refractivity contribution is 8.15. The first-order valence-corrected chi connectivity index (χ1v) is 12.6. The number of rotatable bonds is 2. The van der Waals surface area contributed by atoms with E-state index in [1.807, 2.05) is 43.0 Å². The average molecular weight is 493 g/mol. The number of nitrogens with zero attached hydrogens (tertiary/aromatic N) is 3. The van der Waals surface area contributed by atoms with Gasteiger partial charge in [-0.2, -0.15) is 0 Å². The third kappa shape index (κ3) is 4.59. The molecule has 0 aliphatic carbocycles. The molecule has 4 rings (SSSR count). The van der Waals surface area contributed by atoms with Gasteiger partial charge in [-0.15, -0.1) is 5.10 Å². The first-order chi connectivity index (χ1) is 16.5. The van der Waals surface area contributed by atoms with Gasteiger partial charge in [-0.25, -0.2) is 5.01 Å². The van der Waals surface area contributed by atoms with Gasteiger partial charge in [0.2, 0.25) is 17.7 Å². The molecule has 2 aromatic rings. The van der Waals surface area contributed by atoms with Gasteiger partial charge in [-0.3, -0.25) is 14.4 Å². The molecule has 0 radical (unpaired) electrons. The summed E-state index contributed by atoms with van der Waals surface area (Å²) in [4.78, 5) is 39.2. The van der Waals surface area contributed by atoms with Crippen LogP contribution in [-0.2, 0) is 14.4 Å².